The van der Waals surface area contributed by atoms with Gasteiger partial charge in [0.05, 0.1) is 30.7 Å². The fraction of sp³-hybridized carbons (Fsp3) is 0.455. The summed E-state index contributed by atoms with van der Waals surface area (Å²) in [6.45, 7) is 1.70. The van der Waals surface area contributed by atoms with Crippen LogP contribution in [0.4, 0.5) is 5.69 Å². The van der Waals surface area contributed by atoms with E-state index in [-0.39, 0.29) is 12.5 Å². The monoisotopic (exact) mass is 455 g/mol. The van der Waals surface area contributed by atoms with E-state index in [9.17, 15) is 15.0 Å². The van der Waals surface area contributed by atoms with E-state index in [0.717, 1.165) is 12.0 Å². The molecular formula is C22H29N7O4. The molecule has 0 aromatic carbocycles. The molecule has 0 spiro atoms. The summed E-state index contributed by atoms with van der Waals surface area (Å²) < 4.78 is 7.60. The molecule has 1 aliphatic rings. The summed E-state index contributed by atoms with van der Waals surface area (Å²) in [5.41, 5.74) is 14.3. The molecule has 1 aliphatic heterocycles. The molecule has 4 rings (SSSR count). The number of anilines is 1. The maximum atomic E-state index is 13.4. The first-order chi connectivity index (χ1) is 16.0. The number of aliphatic hydroxyl groups excluding tert-OH is 2. The first-order valence-electron chi connectivity index (χ1n) is 10.9. The number of nitrogens with zero attached hydrogens (tertiary/aromatic N) is 5. The lowest BCUT2D eigenvalue weighted by Crippen LogP contribution is -2.55. The van der Waals surface area contributed by atoms with Crippen LogP contribution in [-0.2, 0) is 16.1 Å². The lowest BCUT2D eigenvalue weighted by Gasteiger charge is -2.35. The van der Waals surface area contributed by atoms with E-state index in [0.29, 0.717) is 23.3 Å². The largest absolute Gasteiger partial charge is 0.397 e. The van der Waals surface area contributed by atoms with Crippen LogP contribution in [0, 0.1) is 0 Å². The number of aliphatic hydroxyl groups is 2. The van der Waals surface area contributed by atoms with Gasteiger partial charge in [-0.3, -0.25) is 14.3 Å². The molecule has 6 N–H and O–H groups in total. The smallest absolute Gasteiger partial charge is 0.240 e. The topological polar surface area (TPSA) is 166 Å². The van der Waals surface area contributed by atoms with E-state index in [1.54, 1.807) is 35.3 Å². The van der Waals surface area contributed by atoms with Crippen molar-refractivity contribution in [2.45, 2.75) is 56.8 Å². The number of carbonyl (C=O) groups excluding carboxylic acids is 1. The minimum absolute atomic E-state index is 0.161. The number of ether oxygens (including phenoxy) is 1. The Morgan fingerprint density at radius 1 is 1.33 bits per heavy atom. The molecule has 11 nitrogen and oxygen atoms in total. The molecule has 0 aliphatic carbocycles. The van der Waals surface area contributed by atoms with Crippen molar-refractivity contribution in [3.05, 3.63) is 48.7 Å². The molecule has 0 saturated carbocycles. The normalized spacial score (nSPS) is 23.6. The Balaban J connectivity index is 1.70. The molecule has 3 aromatic heterocycles. The SMILES string of the molecule is CCCC(N)C(=O)N(Cc1cccnc1)[C@@H]1C(O)[C@H](n2cnc3c(N)ccnc32)O[C@@H]1CO. The van der Waals surface area contributed by atoms with Crippen molar-refractivity contribution in [2.24, 2.45) is 5.73 Å². The number of nitrogen functional groups attached to an aromatic ring is 1. The molecule has 1 fully saturated rings. The van der Waals surface area contributed by atoms with Gasteiger partial charge in [-0.05, 0) is 24.1 Å². The molecular weight excluding hydrogens is 426 g/mol. The average molecular weight is 456 g/mol. The molecule has 2 unspecified atom stereocenters. The highest BCUT2D eigenvalue weighted by molar-refractivity contribution is 5.84. The number of carbonyl (C=O) groups is 1. The van der Waals surface area contributed by atoms with Crippen LogP contribution in [0.15, 0.2) is 43.1 Å². The Labute approximate surface area is 191 Å². The zero-order valence-corrected chi connectivity index (χ0v) is 18.4. The highest BCUT2D eigenvalue weighted by atomic mass is 16.5. The fourth-order valence-electron chi connectivity index (χ4n) is 4.30. The first kappa shape index (κ1) is 23.1. The predicted octanol–water partition coefficient (Wildman–Crippen LogP) is 0.184. The van der Waals surface area contributed by atoms with Gasteiger partial charge in [-0.25, -0.2) is 9.97 Å². The van der Waals surface area contributed by atoms with Crippen molar-refractivity contribution >= 4 is 22.8 Å². The van der Waals surface area contributed by atoms with Crippen molar-refractivity contribution in [2.75, 3.05) is 12.3 Å². The van der Waals surface area contributed by atoms with Crippen molar-refractivity contribution in [1.82, 2.24) is 24.4 Å². The number of imidazole rings is 1. The number of aromatic nitrogens is 4. The van der Waals surface area contributed by atoms with Crippen molar-refractivity contribution < 1.29 is 19.7 Å². The highest BCUT2D eigenvalue weighted by Gasteiger charge is 2.49. The number of pyridine rings is 2. The molecule has 0 radical (unpaired) electrons. The minimum Gasteiger partial charge on any atom is -0.397 e. The van der Waals surface area contributed by atoms with Crippen molar-refractivity contribution in [1.29, 1.82) is 0 Å². The Morgan fingerprint density at radius 2 is 2.15 bits per heavy atom. The highest BCUT2D eigenvalue weighted by Crippen LogP contribution is 2.35. The predicted molar refractivity (Wildman–Crippen MR) is 120 cm³/mol. The Bertz CT molecular complexity index is 1090. The van der Waals surface area contributed by atoms with Gasteiger partial charge < -0.3 is 31.3 Å². The first-order valence-corrected chi connectivity index (χ1v) is 10.9. The number of amides is 1. The van der Waals surface area contributed by atoms with Crippen molar-refractivity contribution in [3.63, 3.8) is 0 Å². The van der Waals surface area contributed by atoms with Crippen LogP contribution >= 0.6 is 0 Å². The summed E-state index contributed by atoms with van der Waals surface area (Å²) in [4.78, 5) is 27.6. The van der Waals surface area contributed by atoms with Gasteiger partial charge in [-0.15, -0.1) is 0 Å². The second kappa shape index (κ2) is 9.79. The van der Waals surface area contributed by atoms with Gasteiger partial charge in [0.2, 0.25) is 5.91 Å². The van der Waals surface area contributed by atoms with Crippen LogP contribution in [0.2, 0.25) is 0 Å². The van der Waals surface area contributed by atoms with Crippen LogP contribution in [0.5, 0.6) is 0 Å². The fourth-order valence-corrected chi connectivity index (χ4v) is 4.30. The van der Waals surface area contributed by atoms with Crippen LogP contribution < -0.4 is 11.5 Å². The second-order valence-corrected chi connectivity index (χ2v) is 8.18. The third kappa shape index (κ3) is 4.40. The molecule has 0 bridgehead atoms. The zero-order chi connectivity index (χ0) is 23.5. The zero-order valence-electron chi connectivity index (χ0n) is 18.4. The number of hydrogen-bond donors (Lipinski definition) is 4. The Morgan fingerprint density at radius 3 is 2.85 bits per heavy atom. The lowest BCUT2D eigenvalue weighted by atomic mass is 10.0. The van der Waals surface area contributed by atoms with E-state index in [2.05, 4.69) is 15.0 Å². The molecule has 4 heterocycles. The van der Waals surface area contributed by atoms with Crippen LogP contribution in [0.1, 0.15) is 31.6 Å². The molecule has 3 aromatic rings. The number of fused-ring (bicyclic) bond motifs is 1. The van der Waals surface area contributed by atoms with Crippen molar-refractivity contribution in [3.8, 4) is 0 Å². The number of nitrogens with two attached hydrogens (primary N) is 2. The summed E-state index contributed by atoms with van der Waals surface area (Å²) in [6, 6.07) is 3.64. The summed E-state index contributed by atoms with van der Waals surface area (Å²) in [7, 11) is 0. The van der Waals surface area contributed by atoms with Crippen LogP contribution in [0.3, 0.4) is 0 Å². The quantitative estimate of drug-likeness (QED) is 0.371. The van der Waals surface area contributed by atoms with Gasteiger partial charge in [-0.1, -0.05) is 19.4 Å². The molecule has 33 heavy (non-hydrogen) atoms. The van der Waals surface area contributed by atoms with E-state index < -0.39 is 37.1 Å². The van der Waals surface area contributed by atoms with E-state index in [1.807, 2.05) is 13.0 Å². The van der Waals surface area contributed by atoms with Gasteiger partial charge in [0, 0.05) is 25.1 Å². The minimum atomic E-state index is -1.18. The van der Waals surface area contributed by atoms with Gasteiger partial charge in [-0.2, -0.15) is 0 Å². The summed E-state index contributed by atoms with van der Waals surface area (Å²) in [5.74, 6) is -0.328. The summed E-state index contributed by atoms with van der Waals surface area (Å²) >= 11 is 0. The lowest BCUT2D eigenvalue weighted by molar-refractivity contribution is -0.139. The van der Waals surface area contributed by atoms with Gasteiger partial charge >= 0.3 is 0 Å². The van der Waals surface area contributed by atoms with Gasteiger partial charge in [0.15, 0.2) is 11.9 Å². The molecule has 5 atom stereocenters. The molecule has 11 heteroatoms. The van der Waals surface area contributed by atoms with E-state index in [4.69, 9.17) is 16.2 Å². The third-order valence-corrected chi connectivity index (χ3v) is 5.92. The van der Waals surface area contributed by atoms with Gasteiger partial charge in [0.1, 0.15) is 17.7 Å². The maximum Gasteiger partial charge on any atom is 0.240 e. The maximum absolute atomic E-state index is 13.4. The standard InChI is InChI=1S/C22H29N7O4/c1-2-4-15(24)21(32)28(10-13-5-3-7-25-9-13)18-16(11-30)33-22(19(18)31)29-12-27-17-14(23)6-8-26-20(17)29/h3,5-9,12,15-16,18-19,22,30-31H,2,4,10-11,24H2,1H3,(H2,23,26)/t15?,16-,18+,19?,22-/m1/s1. The van der Waals surface area contributed by atoms with Crippen LogP contribution in [0.25, 0.3) is 11.2 Å². The van der Waals surface area contributed by atoms with E-state index >= 15 is 0 Å². The van der Waals surface area contributed by atoms with Crippen LogP contribution in [-0.4, -0.2) is 71.4 Å². The van der Waals surface area contributed by atoms with E-state index in [1.165, 1.54) is 11.2 Å². The molecule has 176 valence electrons. The summed E-state index contributed by atoms with van der Waals surface area (Å²) in [6.07, 6.45) is 4.57. The number of rotatable bonds is 8. The second-order valence-electron chi connectivity index (χ2n) is 8.18. The number of hydrogen-bond acceptors (Lipinski definition) is 9. The molecule has 1 amide bonds. The summed E-state index contributed by atoms with van der Waals surface area (Å²) in [5, 5.41) is 21.5. The Hall–Kier alpha value is -3.12. The average Bonchev–Trinajstić information content (AvgIpc) is 3.39. The third-order valence-electron chi connectivity index (χ3n) is 5.92. The Kier molecular flexibility index (Phi) is 6.84. The van der Waals surface area contributed by atoms with Gasteiger partial charge in [0.25, 0.3) is 0 Å². The molecule has 1 saturated heterocycles.